The van der Waals surface area contributed by atoms with Crippen LogP contribution in [0.2, 0.25) is 0 Å². The van der Waals surface area contributed by atoms with Gasteiger partial charge in [-0.3, -0.25) is 24.0 Å². The lowest BCUT2D eigenvalue weighted by Crippen LogP contribution is -2.59. The fourth-order valence-electron chi connectivity index (χ4n) is 4.65. The number of aliphatic hydroxyl groups is 1. The molecule has 5 atom stereocenters. The second kappa shape index (κ2) is 21.7. The molecule has 12 heteroatoms. The topological polar surface area (TPSA) is 166 Å². The molecule has 0 saturated carbocycles. The molecule has 1 aromatic rings. The highest BCUT2D eigenvalue weighted by Gasteiger charge is 2.33. The van der Waals surface area contributed by atoms with Gasteiger partial charge in [0.1, 0.15) is 18.1 Å². The molecule has 0 aliphatic rings. The number of benzene rings is 1. The molecule has 0 aromatic heterocycles. The van der Waals surface area contributed by atoms with Gasteiger partial charge in [-0.1, -0.05) is 85.7 Å². The monoisotopic (exact) mass is 677 g/mol. The third-order valence-electron chi connectivity index (χ3n) is 7.49. The van der Waals surface area contributed by atoms with Gasteiger partial charge < -0.3 is 31.7 Å². The van der Waals surface area contributed by atoms with Crippen LogP contribution in [0, 0.1) is 23.7 Å². The molecule has 266 valence electrons. The van der Waals surface area contributed by atoms with Gasteiger partial charge in [0.25, 0.3) is 0 Å². The van der Waals surface area contributed by atoms with Gasteiger partial charge in [0, 0.05) is 24.5 Å². The van der Waals surface area contributed by atoms with Crippen molar-refractivity contribution < 1.29 is 29.1 Å². The lowest BCUT2D eigenvalue weighted by Gasteiger charge is -2.30. The summed E-state index contributed by atoms with van der Waals surface area (Å²) < 4.78 is 0. The first kappa shape index (κ1) is 41.9. The average Bonchev–Trinajstić information content (AvgIpc) is 2.97. The first-order valence-electron chi connectivity index (χ1n) is 16.8. The highest BCUT2D eigenvalue weighted by molar-refractivity contribution is 7.98. The van der Waals surface area contributed by atoms with Crippen molar-refractivity contribution in [1.82, 2.24) is 26.6 Å². The second-order valence-electron chi connectivity index (χ2n) is 13.8. The van der Waals surface area contributed by atoms with Crippen LogP contribution < -0.4 is 26.6 Å². The standard InChI is InChI=1S/C35H59N5O6S/c1-21(2)15-16-36-33(44)25(9)37-30(43)18-28(41)27(20-47-19-26-13-11-10-12-14-26)38-34(45)32(24(7)8)40-35(46)31(23(5)6)39-29(42)17-22(3)4/h10-14,21-25,27-28,31-32,41H,15-20H2,1-9H3,(H,36,44)(H,37,43)(H,38,45)(H,39,42)(H,40,46)/t25-,27-,28-,31-,32-/m0/s1. The minimum absolute atomic E-state index is 0.125. The Bertz CT molecular complexity index is 1130. The molecule has 0 radical (unpaired) electrons. The van der Waals surface area contributed by atoms with Gasteiger partial charge in [-0.2, -0.15) is 11.8 Å². The van der Waals surface area contributed by atoms with E-state index >= 15 is 0 Å². The van der Waals surface area contributed by atoms with Crippen LogP contribution in [0.1, 0.15) is 87.1 Å². The summed E-state index contributed by atoms with van der Waals surface area (Å²) in [4.78, 5) is 64.7. The molecule has 0 unspecified atom stereocenters. The summed E-state index contributed by atoms with van der Waals surface area (Å²) in [5, 5.41) is 25.1. The summed E-state index contributed by atoms with van der Waals surface area (Å²) in [5.41, 5.74) is 1.07. The molecule has 1 aromatic carbocycles. The molecule has 1 rings (SSSR count). The summed E-state index contributed by atoms with van der Waals surface area (Å²) in [6, 6.07) is 6.33. The highest BCUT2D eigenvalue weighted by atomic mass is 32.2. The molecule has 0 aliphatic heterocycles. The van der Waals surface area contributed by atoms with E-state index < -0.39 is 48.0 Å². The van der Waals surface area contributed by atoms with Crippen molar-refractivity contribution in [2.24, 2.45) is 23.7 Å². The van der Waals surface area contributed by atoms with Gasteiger partial charge in [0.05, 0.1) is 18.6 Å². The van der Waals surface area contributed by atoms with Crippen molar-refractivity contribution in [2.45, 2.75) is 118 Å². The Morgan fingerprint density at radius 3 is 1.79 bits per heavy atom. The largest absolute Gasteiger partial charge is 0.390 e. The Morgan fingerprint density at radius 1 is 0.681 bits per heavy atom. The van der Waals surface area contributed by atoms with E-state index in [1.54, 1.807) is 20.8 Å². The van der Waals surface area contributed by atoms with Crippen LogP contribution >= 0.6 is 11.8 Å². The van der Waals surface area contributed by atoms with Crippen LogP contribution in [0.25, 0.3) is 0 Å². The van der Waals surface area contributed by atoms with Crippen LogP contribution in [0.15, 0.2) is 30.3 Å². The Kier molecular flexibility index (Phi) is 19.3. The highest BCUT2D eigenvalue weighted by Crippen LogP contribution is 2.16. The molecule has 47 heavy (non-hydrogen) atoms. The molecular weight excluding hydrogens is 618 g/mol. The number of carbonyl (C=O) groups excluding carboxylic acids is 5. The van der Waals surface area contributed by atoms with Gasteiger partial charge in [-0.05, 0) is 42.6 Å². The predicted octanol–water partition coefficient (Wildman–Crippen LogP) is 3.15. The fourth-order valence-corrected chi connectivity index (χ4v) is 5.76. The Balaban J connectivity index is 3.02. The predicted molar refractivity (Wildman–Crippen MR) is 188 cm³/mol. The molecule has 11 nitrogen and oxygen atoms in total. The number of carbonyl (C=O) groups is 5. The number of amides is 5. The smallest absolute Gasteiger partial charge is 0.243 e. The number of nitrogens with one attached hydrogen (secondary N) is 5. The Hall–Kier alpha value is -3.12. The van der Waals surface area contributed by atoms with Crippen molar-refractivity contribution in [3.8, 4) is 0 Å². The van der Waals surface area contributed by atoms with Gasteiger partial charge in [0.15, 0.2) is 0 Å². The zero-order valence-electron chi connectivity index (χ0n) is 29.7. The third kappa shape index (κ3) is 17.0. The van der Waals surface area contributed by atoms with E-state index in [1.807, 2.05) is 58.0 Å². The summed E-state index contributed by atoms with van der Waals surface area (Å²) in [6.45, 7) is 17.3. The van der Waals surface area contributed by atoms with Crippen LogP contribution in [0.3, 0.4) is 0 Å². The van der Waals surface area contributed by atoms with E-state index in [-0.39, 0.29) is 42.4 Å². The quantitative estimate of drug-likeness (QED) is 0.116. The number of hydrogen-bond acceptors (Lipinski definition) is 7. The first-order valence-corrected chi connectivity index (χ1v) is 17.9. The van der Waals surface area contributed by atoms with Crippen LogP contribution in [-0.4, -0.2) is 77.2 Å². The minimum Gasteiger partial charge on any atom is -0.390 e. The number of rotatable bonds is 21. The average molecular weight is 678 g/mol. The number of aliphatic hydroxyl groups excluding tert-OH is 1. The minimum atomic E-state index is -1.26. The second-order valence-corrected chi connectivity index (χ2v) is 14.8. The van der Waals surface area contributed by atoms with Crippen LogP contribution in [-0.2, 0) is 29.7 Å². The normalized spacial score (nSPS) is 14.7. The van der Waals surface area contributed by atoms with Gasteiger partial charge in [0.2, 0.25) is 29.5 Å². The van der Waals surface area contributed by atoms with Crippen molar-refractivity contribution in [3.63, 3.8) is 0 Å². The fraction of sp³-hybridized carbons (Fsp3) is 0.686. The lowest BCUT2D eigenvalue weighted by molar-refractivity contribution is -0.134. The molecule has 6 N–H and O–H groups in total. The van der Waals surface area contributed by atoms with E-state index in [9.17, 15) is 29.1 Å². The summed E-state index contributed by atoms with van der Waals surface area (Å²) >= 11 is 1.49. The Labute approximate surface area is 285 Å². The first-order chi connectivity index (χ1) is 22.0. The van der Waals surface area contributed by atoms with Gasteiger partial charge in [-0.25, -0.2) is 0 Å². The molecular formula is C35H59N5O6S. The van der Waals surface area contributed by atoms with E-state index in [0.717, 1.165) is 12.0 Å². The van der Waals surface area contributed by atoms with Crippen LogP contribution in [0.5, 0.6) is 0 Å². The number of hydrogen-bond donors (Lipinski definition) is 6. The molecule has 0 bridgehead atoms. The number of thioether (sulfide) groups is 1. The van der Waals surface area contributed by atoms with Crippen molar-refractivity contribution in [1.29, 1.82) is 0 Å². The zero-order valence-corrected chi connectivity index (χ0v) is 30.5. The van der Waals surface area contributed by atoms with E-state index in [1.165, 1.54) is 11.8 Å². The lowest BCUT2D eigenvalue weighted by atomic mass is 9.98. The zero-order chi connectivity index (χ0) is 35.7. The maximum absolute atomic E-state index is 13.6. The molecule has 5 amide bonds. The third-order valence-corrected chi connectivity index (χ3v) is 8.63. The molecule has 0 heterocycles. The SMILES string of the molecule is CC(C)CCNC(=O)[C@H](C)NC(=O)C[C@H](O)[C@H](CSCc1ccccc1)NC(=O)[C@@H](NC(=O)[C@@H](NC(=O)CC(C)C)C(C)C)C(C)C. The summed E-state index contributed by atoms with van der Waals surface area (Å²) in [6.07, 6.45) is -0.507. The summed E-state index contributed by atoms with van der Waals surface area (Å²) in [7, 11) is 0. The van der Waals surface area contributed by atoms with Crippen LogP contribution in [0.4, 0.5) is 0 Å². The van der Waals surface area contributed by atoms with E-state index in [4.69, 9.17) is 0 Å². The van der Waals surface area contributed by atoms with Crippen molar-refractivity contribution in [3.05, 3.63) is 35.9 Å². The van der Waals surface area contributed by atoms with Gasteiger partial charge in [-0.15, -0.1) is 0 Å². The maximum Gasteiger partial charge on any atom is 0.243 e. The van der Waals surface area contributed by atoms with Crippen molar-refractivity contribution >= 4 is 41.3 Å². The molecule has 0 fully saturated rings. The maximum atomic E-state index is 13.6. The van der Waals surface area contributed by atoms with Gasteiger partial charge >= 0.3 is 0 Å². The van der Waals surface area contributed by atoms with E-state index in [2.05, 4.69) is 40.4 Å². The van der Waals surface area contributed by atoms with Crippen molar-refractivity contribution in [2.75, 3.05) is 12.3 Å². The Morgan fingerprint density at radius 2 is 1.23 bits per heavy atom. The molecule has 0 spiro atoms. The summed E-state index contributed by atoms with van der Waals surface area (Å²) in [5.74, 6) is -1.12. The van der Waals surface area contributed by atoms with E-state index in [0.29, 0.717) is 24.0 Å². The molecule has 0 aliphatic carbocycles. The molecule has 0 saturated heterocycles.